The SMILES string of the molecule is C[C@@H](NC(=O)c1ccccc1CCN)c1cccc2ccccc12. The molecule has 0 aliphatic rings. The molecule has 0 saturated heterocycles. The van der Waals surface area contributed by atoms with E-state index in [9.17, 15) is 4.79 Å². The molecule has 0 aliphatic carbocycles. The molecule has 0 radical (unpaired) electrons. The average molecular weight is 318 g/mol. The lowest BCUT2D eigenvalue weighted by Crippen LogP contribution is -2.28. The van der Waals surface area contributed by atoms with Crippen LogP contribution in [-0.2, 0) is 6.42 Å². The topological polar surface area (TPSA) is 55.1 Å². The monoisotopic (exact) mass is 318 g/mol. The third-order valence-electron chi connectivity index (χ3n) is 4.31. The van der Waals surface area contributed by atoms with Gasteiger partial charge in [0.15, 0.2) is 0 Å². The highest BCUT2D eigenvalue weighted by molar-refractivity contribution is 5.96. The Balaban J connectivity index is 1.86. The van der Waals surface area contributed by atoms with Crippen LogP contribution in [0.15, 0.2) is 66.7 Å². The van der Waals surface area contributed by atoms with E-state index in [0.717, 1.165) is 11.1 Å². The van der Waals surface area contributed by atoms with Crippen molar-refractivity contribution in [2.24, 2.45) is 5.73 Å². The lowest BCUT2D eigenvalue weighted by atomic mass is 9.98. The molecule has 3 rings (SSSR count). The van der Waals surface area contributed by atoms with E-state index in [4.69, 9.17) is 5.73 Å². The number of rotatable bonds is 5. The summed E-state index contributed by atoms with van der Waals surface area (Å²) in [5, 5.41) is 5.47. The van der Waals surface area contributed by atoms with Gasteiger partial charge in [0.25, 0.3) is 5.91 Å². The van der Waals surface area contributed by atoms with Crippen LogP contribution < -0.4 is 11.1 Å². The molecular formula is C21H22N2O. The summed E-state index contributed by atoms with van der Waals surface area (Å²) in [5.74, 6) is -0.0560. The fraction of sp³-hybridized carbons (Fsp3) is 0.190. The molecule has 122 valence electrons. The molecule has 0 fully saturated rings. The summed E-state index contributed by atoms with van der Waals surface area (Å²) >= 11 is 0. The van der Waals surface area contributed by atoms with Crippen molar-refractivity contribution in [1.82, 2.24) is 5.32 Å². The number of nitrogens with two attached hydrogens (primary N) is 1. The van der Waals surface area contributed by atoms with E-state index in [1.807, 2.05) is 49.4 Å². The summed E-state index contributed by atoms with van der Waals surface area (Å²) in [6.45, 7) is 2.55. The molecule has 3 heteroatoms. The zero-order chi connectivity index (χ0) is 16.9. The fourth-order valence-corrected chi connectivity index (χ4v) is 3.10. The number of nitrogens with one attached hydrogen (secondary N) is 1. The Morgan fingerprint density at radius 3 is 2.54 bits per heavy atom. The van der Waals surface area contributed by atoms with Gasteiger partial charge < -0.3 is 11.1 Å². The van der Waals surface area contributed by atoms with Crippen LogP contribution in [0.3, 0.4) is 0 Å². The van der Waals surface area contributed by atoms with Crippen molar-refractivity contribution >= 4 is 16.7 Å². The van der Waals surface area contributed by atoms with Gasteiger partial charge in [-0.2, -0.15) is 0 Å². The van der Waals surface area contributed by atoms with E-state index in [-0.39, 0.29) is 11.9 Å². The molecule has 1 atom stereocenters. The second-order valence-electron chi connectivity index (χ2n) is 5.96. The van der Waals surface area contributed by atoms with Crippen molar-refractivity contribution in [2.45, 2.75) is 19.4 Å². The lowest BCUT2D eigenvalue weighted by Gasteiger charge is -2.18. The number of amides is 1. The lowest BCUT2D eigenvalue weighted by molar-refractivity contribution is 0.0939. The van der Waals surface area contributed by atoms with Crippen molar-refractivity contribution in [3.8, 4) is 0 Å². The summed E-state index contributed by atoms with van der Waals surface area (Å²) in [6.07, 6.45) is 0.701. The normalized spacial score (nSPS) is 12.1. The molecule has 0 aromatic heterocycles. The molecule has 0 aliphatic heterocycles. The van der Waals surface area contributed by atoms with Crippen LogP contribution in [0.1, 0.15) is 34.5 Å². The highest BCUT2D eigenvalue weighted by Crippen LogP contribution is 2.24. The van der Waals surface area contributed by atoms with Crippen LogP contribution in [0.4, 0.5) is 0 Å². The van der Waals surface area contributed by atoms with E-state index in [0.29, 0.717) is 18.5 Å². The number of carbonyl (C=O) groups is 1. The van der Waals surface area contributed by atoms with Crippen molar-refractivity contribution in [3.05, 3.63) is 83.4 Å². The van der Waals surface area contributed by atoms with Crippen molar-refractivity contribution in [3.63, 3.8) is 0 Å². The van der Waals surface area contributed by atoms with Gasteiger partial charge in [-0.05, 0) is 47.9 Å². The Morgan fingerprint density at radius 1 is 1.00 bits per heavy atom. The molecular weight excluding hydrogens is 296 g/mol. The largest absolute Gasteiger partial charge is 0.345 e. The standard InChI is InChI=1S/C21H22N2O/c1-15(18-12-6-9-16-7-2-4-10-19(16)18)23-21(24)20-11-5-3-8-17(20)13-14-22/h2-12,15H,13-14,22H2,1H3,(H,23,24)/t15-/m1/s1. The maximum atomic E-state index is 12.7. The zero-order valence-corrected chi connectivity index (χ0v) is 13.8. The highest BCUT2D eigenvalue weighted by atomic mass is 16.1. The van der Waals surface area contributed by atoms with Crippen LogP contribution >= 0.6 is 0 Å². The van der Waals surface area contributed by atoms with Gasteiger partial charge in [0, 0.05) is 5.56 Å². The second kappa shape index (κ2) is 7.28. The van der Waals surface area contributed by atoms with Gasteiger partial charge in [0.05, 0.1) is 6.04 Å². The van der Waals surface area contributed by atoms with E-state index in [2.05, 4.69) is 29.6 Å². The molecule has 3 N–H and O–H groups in total. The minimum absolute atomic E-state index is 0.0560. The Bertz CT molecular complexity index is 852. The van der Waals surface area contributed by atoms with Gasteiger partial charge in [0.2, 0.25) is 0 Å². The third-order valence-corrected chi connectivity index (χ3v) is 4.31. The summed E-state index contributed by atoms with van der Waals surface area (Å²) in [7, 11) is 0. The third kappa shape index (κ3) is 3.31. The van der Waals surface area contributed by atoms with Gasteiger partial charge in [0.1, 0.15) is 0 Å². The number of benzene rings is 3. The number of hydrogen-bond donors (Lipinski definition) is 2. The van der Waals surface area contributed by atoms with E-state index in [1.54, 1.807) is 0 Å². The molecule has 0 heterocycles. The van der Waals surface area contributed by atoms with Gasteiger partial charge in [-0.3, -0.25) is 4.79 Å². The predicted octanol–water partition coefficient (Wildman–Crippen LogP) is 3.83. The maximum absolute atomic E-state index is 12.7. The molecule has 0 bridgehead atoms. The van der Waals surface area contributed by atoms with Crippen LogP contribution in [0.5, 0.6) is 0 Å². The quantitative estimate of drug-likeness (QED) is 0.751. The first-order chi connectivity index (χ1) is 11.7. The molecule has 24 heavy (non-hydrogen) atoms. The maximum Gasteiger partial charge on any atom is 0.252 e. The Kier molecular flexibility index (Phi) is 4.92. The summed E-state index contributed by atoms with van der Waals surface area (Å²) in [6, 6.07) is 22.0. The summed E-state index contributed by atoms with van der Waals surface area (Å²) in [5.41, 5.74) is 8.47. The first-order valence-electron chi connectivity index (χ1n) is 8.27. The van der Waals surface area contributed by atoms with Gasteiger partial charge in [-0.1, -0.05) is 60.7 Å². The van der Waals surface area contributed by atoms with Crippen LogP contribution in [-0.4, -0.2) is 12.5 Å². The van der Waals surface area contributed by atoms with Crippen molar-refractivity contribution < 1.29 is 4.79 Å². The predicted molar refractivity (Wildman–Crippen MR) is 99.0 cm³/mol. The molecule has 3 nitrogen and oxygen atoms in total. The Hall–Kier alpha value is -2.65. The average Bonchev–Trinajstić information content (AvgIpc) is 2.62. The Morgan fingerprint density at radius 2 is 1.71 bits per heavy atom. The highest BCUT2D eigenvalue weighted by Gasteiger charge is 2.15. The minimum atomic E-state index is -0.0745. The number of carbonyl (C=O) groups excluding carboxylic acids is 1. The molecule has 3 aromatic rings. The molecule has 1 amide bonds. The first-order valence-corrected chi connectivity index (χ1v) is 8.27. The molecule has 0 spiro atoms. The number of hydrogen-bond acceptors (Lipinski definition) is 2. The van der Waals surface area contributed by atoms with Crippen molar-refractivity contribution in [1.29, 1.82) is 0 Å². The smallest absolute Gasteiger partial charge is 0.252 e. The zero-order valence-electron chi connectivity index (χ0n) is 13.8. The van der Waals surface area contributed by atoms with Crippen molar-refractivity contribution in [2.75, 3.05) is 6.54 Å². The number of fused-ring (bicyclic) bond motifs is 1. The van der Waals surface area contributed by atoms with Crippen LogP contribution in [0, 0.1) is 0 Å². The van der Waals surface area contributed by atoms with Gasteiger partial charge >= 0.3 is 0 Å². The van der Waals surface area contributed by atoms with Crippen LogP contribution in [0.2, 0.25) is 0 Å². The van der Waals surface area contributed by atoms with Gasteiger partial charge in [-0.25, -0.2) is 0 Å². The first kappa shape index (κ1) is 16.2. The second-order valence-corrected chi connectivity index (χ2v) is 5.96. The van der Waals surface area contributed by atoms with Crippen LogP contribution in [0.25, 0.3) is 10.8 Å². The van der Waals surface area contributed by atoms with E-state index < -0.39 is 0 Å². The molecule has 0 saturated carbocycles. The van der Waals surface area contributed by atoms with E-state index >= 15 is 0 Å². The molecule has 3 aromatic carbocycles. The Labute approximate surface area is 142 Å². The van der Waals surface area contributed by atoms with E-state index in [1.165, 1.54) is 10.8 Å². The molecule has 0 unspecified atom stereocenters. The summed E-state index contributed by atoms with van der Waals surface area (Å²) in [4.78, 5) is 12.7. The van der Waals surface area contributed by atoms with Gasteiger partial charge in [-0.15, -0.1) is 0 Å². The summed E-state index contributed by atoms with van der Waals surface area (Å²) < 4.78 is 0. The fourth-order valence-electron chi connectivity index (χ4n) is 3.10. The minimum Gasteiger partial charge on any atom is -0.345 e.